The molecule has 2 aromatic carbocycles. The van der Waals surface area contributed by atoms with Crippen LogP contribution in [0.5, 0.6) is 0 Å². The van der Waals surface area contributed by atoms with Gasteiger partial charge in [0.15, 0.2) is 0 Å². The van der Waals surface area contributed by atoms with Crippen LogP contribution in [0.4, 0.5) is 0 Å². The number of hydrogen-bond acceptors (Lipinski definition) is 3. The predicted molar refractivity (Wildman–Crippen MR) is 99.6 cm³/mol. The van der Waals surface area contributed by atoms with E-state index in [0.717, 1.165) is 26.2 Å². The third-order valence-electron chi connectivity index (χ3n) is 5.02. The summed E-state index contributed by atoms with van der Waals surface area (Å²) in [6.45, 7) is 4.04. The summed E-state index contributed by atoms with van der Waals surface area (Å²) in [5.41, 5.74) is 2.83. The molecule has 132 valence electrons. The maximum absolute atomic E-state index is 11.0. The fourth-order valence-corrected chi connectivity index (χ4v) is 3.48. The van der Waals surface area contributed by atoms with Gasteiger partial charge >= 0.3 is 5.97 Å². The molecule has 0 aliphatic carbocycles. The Balaban J connectivity index is 1.74. The molecule has 0 saturated carbocycles. The minimum absolute atomic E-state index is 0.345. The largest absolute Gasteiger partial charge is 0.478 e. The molecule has 1 N–H and O–H groups in total. The molecule has 1 fully saturated rings. The molecule has 4 heteroatoms. The second-order valence-corrected chi connectivity index (χ2v) is 6.93. The normalized spacial score (nSPS) is 16.2. The summed E-state index contributed by atoms with van der Waals surface area (Å²) >= 11 is 0. The maximum Gasteiger partial charge on any atom is 0.335 e. The number of carboxylic acids is 1. The van der Waals surface area contributed by atoms with E-state index in [1.54, 1.807) is 12.1 Å². The topological polar surface area (TPSA) is 43.8 Å². The summed E-state index contributed by atoms with van der Waals surface area (Å²) in [4.78, 5) is 16.0. The smallest absolute Gasteiger partial charge is 0.335 e. The Hall–Kier alpha value is -2.17. The lowest BCUT2D eigenvalue weighted by atomic mass is 10.0. The zero-order chi connectivity index (χ0) is 17.6. The minimum Gasteiger partial charge on any atom is -0.478 e. The van der Waals surface area contributed by atoms with Crippen molar-refractivity contribution in [1.29, 1.82) is 0 Å². The van der Waals surface area contributed by atoms with Crippen molar-refractivity contribution in [3.8, 4) is 0 Å². The minimum atomic E-state index is -0.872. The van der Waals surface area contributed by atoms with Gasteiger partial charge in [-0.3, -0.25) is 4.90 Å². The van der Waals surface area contributed by atoms with Crippen molar-refractivity contribution < 1.29 is 9.90 Å². The Morgan fingerprint density at radius 1 is 1.00 bits per heavy atom. The third-order valence-corrected chi connectivity index (χ3v) is 5.02. The van der Waals surface area contributed by atoms with Crippen molar-refractivity contribution in [2.45, 2.75) is 32.0 Å². The summed E-state index contributed by atoms with van der Waals surface area (Å²) in [7, 11) is 2.18. The summed E-state index contributed by atoms with van der Waals surface area (Å²) in [5.74, 6) is -0.872. The summed E-state index contributed by atoms with van der Waals surface area (Å²) < 4.78 is 0. The zero-order valence-electron chi connectivity index (χ0n) is 14.8. The van der Waals surface area contributed by atoms with Crippen LogP contribution >= 0.6 is 0 Å². The van der Waals surface area contributed by atoms with E-state index in [0.29, 0.717) is 11.6 Å². The molecule has 0 bridgehead atoms. The molecule has 0 unspecified atom stereocenters. The monoisotopic (exact) mass is 338 g/mol. The molecule has 0 atom stereocenters. The SMILES string of the molecule is CN1CCC(N(Cc2ccccc2)Cc2ccc(C(=O)O)cc2)CC1. The lowest BCUT2D eigenvalue weighted by Crippen LogP contribution is -2.43. The highest BCUT2D eigenvalue weighted by molar-refractivity contribution is 5.87. The van der Waals surface area contributed by atoms with Gasteiger partial charge in [0.1, 0.15) is 0 Å². The van der Waals surface area contributed by atoms with Gasteiger partial charge in [0.25, 0.3) is 0 Å². The molecular formula is C21H26N2O2. The highest BCUT2D eigenvalue weighted by Crippen LogP contribution is 2.21. The Labute approximate surface area is 149 Å². The van der Waals surface area contributed by atoms with Gasteiger partial charge in [0.05, 0.1) is 5.56 Å². The first-order chi connectivity index (χ1) is 12.1. The predicted octanol–water partition coefficient (Wildman–Crippen LogP) is 3.48. The van der Waals surface area contributed by atoms with Gasteiger partial charge in [-0.25, -0.2) is 4.79 Å². The number of likely N-dealkylation sites (tertiary alicyclic amines) is 1. The number of hydrogen-bond donors (Lipinski definition) is 1. The van der Waals surface area contributed by atoms with Crippen LogP contribution in [-0.4, -0.2) is 47.1 Å². The van der Waals surface area contributed by atoms with Crippen molar-refractivity contribution in [2.24, 2.45) is 0 Å². The van der Waals surface area contributed by atoms with E-state index in [1.165, 1.54) is 24.0 Å². The summed E-state index contributed by atoms with van der Waals surface area (Å²) in [5, 5.41) is 9.07. The van der Waals surface area contributed by atoms with Crippen LogP contribution in [0.1, 0.15) is 34.3 Å². The number of nitrogens with zero attached hydrogens (tertiary/aromatic N) is 2. The van der Waals surface area contributed by atoms with Crippen LogP contribution in [0, 0.1) is 0 Å². The Morgan fingerprint density at radius 2 is 1.56 bits per heavy atom. The number of piperidine rings is 1. The van der Waals surface area contributed by atoms with Crippen molar-refractivity contribution in [3.63, 3.8) is 0 Å². The average molecular weight is 338 g/mol. The quantitative estimate of drug-likeness (QED) is 0.876. The van der Waals surface area contributed by atoms with Gasteiger partial charge in [0, 0.05) is 19.1 Å². The first-order valence-corrected chi connectivity index (χ1v) is 8.90. The lowest BCUT2D eigenvalue weighted by Gasteiger charge is -2.37. The van der Waals surface area contributed by atoms with E-state index in [-0.39, 0.29) is 0 Å². The molecule has 0 aromatic heterocycles. The van der Waals surface area contributed by atoms with E-state index in [1.807, 2.05) is 18.2 Å². The molecule has 0 amide bonds. The summed E-state index contributed by atoms with van der Waals surface area (Å²) in [6.07, 6.45) is 2.35. The van der Waals surface area contributed by atoms with Gasteiger partial charge in [-0.2, -0.15) is 0 Å². The molecule has 1 heterocycles. The fourth-order valence-electron chi connectivity index (χ4n) is 3.48. The molecule has 3 rings (SSSR count). The van der Waals surface area contributed by atoms with Crippen molar-refractivity contribution in [3.05, 3.63) is 71.3 Å². The number of carbonyl (C=O) groups is 1. The number of aromatic carboxylic acids is 1. The number of benzene rings is 2. The van der Waals surface area contributed by atoms with Crippen LogP contribution in [0.3, 0.4) is 0 Å². The van der Waals surface area contributed by atoms with Crippen LogP contribution in [0.25, 0.3) is 0 Å². The van der Waals surface area contributed by atoms with E-state index >= 15 is 0 Å². The van der Waals surface area contributed by atoms with Crippen molar-refractivity contribution in [2.75, 3.05) is 20.1 Å². The number of carboxylic acid groups (broad SMARTS) is 1. The zero-order valence-corrected chi connectivity index (χ0v) is 14.8. The van der Waals surface area contributed by atoms with Crippen molar-refractivity contribution >= 4 is 5.97 Å². The van der Waals surface area contributed by atoms with Crippen LogP contribution in [-0.2, 0) is 13.1 Å². The molecule has 1 aliphatic heterocycles. The van der Waals surface area contributed by atoms with Crippen LogP contribution < -0.4 is 0 Å². The highest BCUT2D eigenvalue weighted by Gasteiger charge is 2.23. The van der Waals surface area contributed by atoms with Gasteiger partial charge in [0.2, 0.25) is 0 Å². The maximum atomic E-state index is 11.0. The third kappa shape index (κ3) is 4.91. The average Bonchev–Trinajstić information content (AvgIpc) is 2.63. The van der Waals surface area contributed by atoms with E-state index in [4.69, 9.17) is 5.11 Å². The first kappa shape index (κ1) is 17.6. The van der Waals surface area contributed by atoms with E-state index < -0.39 is 5.97 Å². The molecule has 0 radical (unpaired) electrons. The Morgan fingerprint density at radius 3 is 2.12 bits per heavy atom. The second kappa shape index (κ2) is 8.28. The van der Waals surface area contributed by atoms with E-state index in [2.05, 4.69) is 41.1 Å². The molecule has 2 aromatic rings. The molecule has 1 saturated heterocycles. The standard InChI is InChI=1S/C21H26N2O2/c1-22-13-11-20(12-14-22)23(15-17-5-3-2-4-6-17)16-18-7-9-19(10-8-18)21(24)25/h2-10,20H,11-16H2,1H3,(H,24,25). The Kier molecular flexibility index (Phi) is 5.84. The number of rotatable bonds is 6. The van der Waals surface area contributed by atoms with Gasteiger partial charge in [-0.1, -0.05) is 42.5 Å². The second-order valence-electron chi connectivity index (χ2n) is 6.93. The van der Waals surface area contributed by atoms with Gasteiger partial charge in [-0.15, -0.1) is 0 Å². The molecule has 4 nitrogen and oxygen atoms in total. The van der Waals surface area contributed by atoms with Crippen molar-refractivity contribution in [1.82, 2.24) is 9.80 Å². The molecule has 1 aliphatic rings. The van der Waals surface area contributed by atoms with Gasteiger partial charge in [-0.05, 0) is 56.2 Å². The van der Waals surface area contributed by atoms with Gasteiger partial charge < -0.3 is 10.0 Å². The Bertz CT molecular complexity index is 677. The first-order valence-electron chi connectivity index (χ1n) is 8.90. The highest BCUT2D eigenvalue weighted by atomic mass is 16.4. The molecular weight excluding hydrogens is 312 g/mol. The fraction of sp³-hybridized carbons (Fsp3) is 0.381. The molecule has 25 heavy (non-hydrogen) atoms. The van der Waals surface area contributed by atoms with Crippen LogP contribution in [0.15, 0.2) is 54.6 Å². The lowest BCUT2D eigenvalue weighted by molar-refractivity contribution is 0.0697. The van der Waals surface area contributed by atoms with Crippen LogP contribution in [0.2, 0.25) is 0 Å². The van der Waals surface area contributed by atoms with E-state index in [9.17, 15) is 4.79 Å². The molecule has 0 spiro atoms. The summed E-state index contributed by atoms with van der Waals surface area (Å²) in [6, 6.07) is 18.4.